The van der Waals surface area contributed by atoms with Crippen molar-refractivity contribution in [3.63, 3.8) is 0 Å². The number of aromatic nitrogens is 1. The second-order valence-corrected chi connectivity index (χ2v) is 9.28. The fraction of sp³-hybridized carbons (Fsp3) is 0.393. The number of hydrogen-bond donors (Lipinski definition) is 0. The quantitative estimate of drug-likeness (QED) is 0.466. The van der Waals surface area contributed by atoms with Crippen molar-refractivity contribution in [3.05, 3.63) is 82.7 Å². The van der Waals surface area contributed by atoms with E-state index in [2.05, 4.69) is 54.3 Å². The molecule has 2 heterocycles. The van der Waals surface area contributed by atoms with Gasteiger partial charge in [-0.2, -0.15) is 0 Å². The van der Waals surface area contributed by atoms with Gasteiger partial charge in [0.15, 0.2) is 0 Å². The number of hydrogen-bond acceptors (Lipinski definition) is 3. The summed E-state index contributed by atoms with van der Waals surface area (Å²) in [6, 6.07) is 20.0. The third-order valence-electron chi connectivity index (χ3n) is 6.90. The fourth-order valence-electron chi connectivity index (χ4n) is 4.72. The highest BCUT2D eigenvalue weighted by atomic mass is 16.5. The number of fused-ring (bicyclic) bond motifs is 1. The third-order valence-corrected chi connectivity index (χ3v) is 6.90. The van der Waals surface area contributed by atoms with Crippen LogP contribution in [0.3, 0.4) is 0 Å². The van der Waals surface area contributed by atoms with Crippen molar-refractivity contribution in [2.75, 3.05) is 26.7 Å². The number of piperidine rings is 1. The van der Waals surface area contributed by atoms with Crippen molar-refractivity contribution in [2.24, 2.45) is 5.41 Å². The van der Waals surface area contributed by atoms with E-state index in [0.29, 0.717) is 5.41 Å². The van der Waals surface area contributed by atoms with Gasteiger partial charge in [-0.3, -0.25) is 9.69 Å². The lowest BCUT2D eigenvalue weighted by molar-refractivity contribution is 0.116. The minimum atomic E-state index is 0.0657. The van der Waals surface area contributed by atoms with Gasteiger partial charge in [-0.15, -0.1) is 0 Å². The van der Waals surface area contributed by atoms with E-state index in [1.54, 1.807) is 13.2 Å². The van der Waals surface area contributed by atoms with Gasteiger partial charge >= 0.3 is 0 Å². The van der Waals surface area contributed by atoms with Crippen LogP contribution in [0, 0.1) is 5.41 Å². The van der Waals surface area contributed by atoms with Gasteiger partial charge in [0.2, 0.25) is 0 Å². The molecule has 1 aromatic heterocycles. The van der Waals surface area contributed by atoms with Crippen LogP contribution in [0.4, 0.5) is 0 Å². The Hall–Kier alpha value is -2.85. The molecule has 32 heavy (non-hydrogen) atoms. The summed E-state index contributed by atoms with van der Waals surface area (Å²) in [4.78, 5) is 15.1. The normalized spacial score (nSPS) is 16.6. The van der Waals surface area contributed by atoms with Gasteiger partial charge in [-0.05, 0) is 73.3 Å². The van der Waals surface area contributed by atoms with Crippen LogP contribution < -0.4 is 10.3 Å². The van der Waals surface area contributed by atoms with Crippen LogP contribution in [-0.4, -0.2) is 36.2 Å². The number of pyridine rings is 1. The van der Waals surface area contributed by atoms with E-state index in [4.69, 9.17) is 4.74 Å². The van der Waals surface area contributed by atoms with Crippen LogP contribution >= 0.6 is 0 Å². The molecule has 1 aliphatic heterocycles. The van der Waals surface area contributed by atoms with E-state index < -0.39 is 0 Å². The molecular formula is C28H34N2O2. The average Bonchev–Trinajstić information content (AvgIpc) is 2.82. The molecule has 0 N–H and O–H groups in total. The second-order valence-electron chi connectivity index (χ2n) is 9.28. The minimum Gasteiger partial charge on any atom is -0.497 e. The van der Waals surface area contributed by atoms with Crippen molar-refractivity contribution in [2.45, 2.75) is 39.2 Å². The highest BCUT2D eigenvalue weighted by Gasteiger charge is 2.29. The van der Waals surface area contributed by atoms with Crippen LogP contribution in [0.1, 0.15) is 38.2 Å². The Bertz CT molecular complexity index is 1110. The highest BCUT2D eigenvalue weighted by Crippen LogP contribution is 2.35. The van der Waals surface area contributed by atoms with E-state index >= 15 is 0 Å². The standard InChI is InChI=1S/C28H34N2O2/c1-28(16-20-29(21-17-28)18-6-10-23-8-4-3-5-9-23)15-7-19-30-26-22-25(32-2)13-11-24(26)12-14-27(30)31/h3-6,8-14,22H,7,15-21H2,1-2H3/b10-6+. The zero-order valence-electron chi connectivity index (χ0n) is 19.3. The molecule has 4 rings (SSSR count). The van der Waals surface area contributed by atoms with Crippen molar-refractivity contribution in [3.8, 4) is 5.75 Å². The molecule has 168 valence electrons. The SMILES string of the molecule is COc1ccc2ccc(=O)n(CCCC3(C)CCN(C/C=C/c4ccccc4)CC3)c2c1. The third kappa shape index (κ3) is 5.49. The number of aryl methyl sites for hydroxylation is 1. The smallest absolute Gasteiger partial charge is 0.251 e. The van der Waals surface area contributed by atoms with Crippen LogP contribution in [0.15, 0.2) is 71.5 Å². The molecule has 1 fully saturated rings. The molecule has 0 aliphatic carbocycles. The van der Waals surface area contributed by atoms with E-state index in [1.807, 2.05) is 28.8 Å². The van der Waals surface area contributed by atoms with E-state index in [1.165, 1.54) is 18.4 Å². The molecule has 4 nitrogen and oxygen atoms in total. The van der Waals surface area contributed by atoms with E-state index in [9.17, 15) is 4.79 Å². The van der Waals surface area contributed by atoms with Gasteiger partial charge < -0.3 is 9.30 Å². The predicted molar refractivity (Wildman–Crippen MR) is 133 cm³/mol. The first kappa shape index (κ1) is 22.3. The molecule has 0 radical (unpaired) electrons. The first-order valence-corrected chi connectivity index (χ1v) is 11.7. The molecule has 1 saturated heterocycles. The van der Waals surface area contributed by atoms with Crippen LogP contribution in [-0.2, 0) is 6.54 Å². The summed E-state index contributed by atoms with van der Waals surface area (Å²) >= 11 is 0. The van der Waals surface area contributed by atoms with Crippen LogP contribution in [0.5, 0.6) is 5.75 Å². The Balaban J connectivity index is 1.30. The molecule has 2 aromatic carbocycles. The van der Waals surface area contributed by atoms with E-state index in [-0.39, 0.29) is 5.56 Å². The summed E-state index contributed by atoms with van der Waals surface area (Å²) in [6.07, 6.45) is 9.08. The maximum absolute atomic E-state index is 12.5. The number of benzene rings is 2. The maximum Gasteiger partial charge on any atom is 0.251 e. The lowest BCUT2D eigenvalue weighted by Gasteiger charge is -2.39. The largest absolute Gasteiger partial charge is 0.497 e. The van der Waals surface area contributed by atoms with Crippen molar-refractivity contribution >= 4 is 17.0 Å². The number of rotatable bonds is 8. The van der Waals surface area contributed by atoms with Crippen molar-refractivity contribution in [1.82, 2.24) is 9.47 Å². The number of methoxy groups -OCH3 is 1. The number of ether oxygens (including phenoxy) is 1. The van der Waals surface area contributed by atoms with Crippen molar-refractivity contribution in [1.29, 1.82) is 0 Å². The van der Waals surface area contributed by atoms with Gasteiger partial charge in [-0.1, -0.05) is 49.4 Å². The van der Waals surface area contributed by atoms with E-state index in [0.717, 1.165) is 55.7 Å². The molecule has 0 spiro atoms. The summed E-state index contributed by atoms with van der Waals surface area (Å²) in [5.41, 5.74) is 2.64. The van der Waals surface area contributed by atoms with Gasteiger partial charge in [0.05, 0.1) is 12.6 Å². The van der Waals surface area contributed by atoms with Crippen molar-refractivity contribution < 1.29 is 4.74 Å². The topological polar surface area (TPSA) is 34.5 Å². The Morgan fingerprint density at radius 2 is 1.78 bits per heavy atom. The van der Waals surface area contributed by atoms with Gasteiger partial charge in [0.25, 0.3) is 5.56 Å². The van der Waals surface area contributed by atoms with Gasteiger partial charge in [0.1, 0.15) is 5.75 Å². The second kappa shape index (κ2) is 10.2. The molecule has 0 amide bonds. The Labute approximate surface area is 191 Å². The molecule has 3 aromatic rings. The fourth-order valence-corrected chi connectivity index (χ4v) is 4.72. The Morgan fingerprint density at radius 3 is 2.53 bits per heavy atom. The maximum atomic E-state index is 12.5. The lowest BCUT2D eigenvalue weighted by atomic mass is 9.76. The zero-order valence-corrected chi connectivity index (χ0v) is 19.3. The summed E-state index contributed by atoms with van der Waals surface area (Å²) in [7, 11) is 1.66. The van der Waals surface area contributed by atoms with Crippen LogP contribution in [0.2, 0.25) is 0 Å². The molecule has 0 unspecified atom stereocenters. The first-order chi connectivity index (χ1) is 15.6. The first-order valence-electron chi connectivity index (χ1n) is 11.7. The summed E-state index contributed by atoms with van der Waals surface area (Å²) < 4.78 is 7.28. The average molecular weight is 431 g/mol. The Kier molecular flexibility index (Phi) is 7.11. The summed E-state index contributed by atoms with van der Waals surface area (Å²) in [6.45, 7) is 6.46. The summed E-state index contributed by atoms with van der Waals surface area (Å²) in [5, 5.41) is 1.08. The highest BCUT2D eigenvalue weighted by molar-refractivity contribution is 5.80. The van der Waals surface area contributed by atoms with Gasteiger partial charge in [0, 0.05) is 25.2 Å². The summed E-state index contributed by atoms with van der Waals surface area (Å²) in [5.74, 6) is 0.789. The number of likely N-dealkylation sites (tertiary alicyclic amines) is 1. The molecule has 0 saturated carbocycles. The molecular weight excluding hydrogens is 396 g/mol. The Morgan fingerprint density at radius 1 is 1.03 bits per heavy atom. The molecule has 4 heteroatoms. The molecule has 1 aliphatic rings. The molecule has 0 bridgehead atoms. The van der Waals surface area contributed by atoms with Crippen LogP contribution in [0.25, 0.3) is 17.0 Å². The monoisotopic (exact) mass is 430 g/mol. The number of nitrogens with zero attached hydrogens (tertiary/aromatic N) is 2. The zero-order chi connectivity index (χ0) is 22.4. The molecule has 0 atom stereocenters. The lowest BCUT2D eigenvalue weighted by Crippen LogP contribution is -2.38. The predicted octanol–water partition coefficient (Wildman–Crippen LogP) is 5.61. The minimum absolute atomic E-state index is 0.0657. The van der Waals surface area contributed by atoms with Gasteiger partial charge in [-0.25, -0.2) is 0 Å².